The van der Waals surface area contributed by atoms with Crippen LogP contribution >= 0.6 is 11.8 Å². The summed E-state index contributed by atoms with van der Waals surface area (Å²) in [7, 11) is 0. The van der Waals surface area contributed by atoms with E-state index < -0.39 is 0 Å². The van der Waals surface area contributed by atoms with Gasteiger partial charge in [0.15, 0.2) is 0 Å². The van der Waals surface area contributed by atoms with Crippen LogP contribution in [0.25, 0.3) is 11.0 Å². The third kappa shape index (κ3) is 3.88. The average molecular weight is 373 g/mol. The van der Waals surface area contributed by atoms with Crippen LogP contribution in [0.2, 0.25) is 0 Å². The van der Waals surface area contributed by atoms with Gasteiger partial charge in [-0.15, -0.1) is 0 Å². The second-order valence-corrected chi connectivity index (χ2v) is 7.31. The standard InChI is InChI=1S/C22H19N3OS/c1-16-23-18-11-5-7-13-20(18)25(16)15-22(26)24-19-12-6-8-14-21(19)27-17-9-3-2-4-10-17/h2-14H,15H2,1H3,(H,24,26). The summed E-state index contributed by atoms with van der Waals surface area (Å²) in [6.45, 7) is 2.16. The van der Waals surface area contributed by atoms with Crippen molar-refractivity contribution in [1.29, 1.82) is 0 Å². The molecule has 0 saturated carbocycles. The van der Waals surface area contributed by atoms with Gasteiger partial charge in [-0.1, -0.05) is 54.2 Å². The second kappa shape index (κ2) is 7.68. The van der Waals surface area contributed by atoms with Gasteiger partial charge in [-0.3, -0.25) is 4.79 Å². The van der Waals surface area contributed by atoms with Crippen molar-refractivity contribution in [2.45, 2.75) is 23.3 Å². The lowest BCUT2D eigenvalue weighted by atomic mass is 10.3. The Morgan fingerprint density at radius 2 is 1.67 bits per heavy atom. The molecule has 1 heterocycles. The SMILES string of the molecule is Cc1nc2ccccc2n1CC(=O)Nc1ccccc1Sc1ccccc1. The Morgan fingerprint density at radius 1 is 0.963 bits per heavy atom. The predicted octanol–water partition coefficient (Wildman–Crippen LogP) is 5.13. The highest BCUT2D eigenvalue weighted by molar-refractivity contribution is 7.99. The Balaban J connectivity index is 1.54. The van der Waals surface area contributed by atoms with E-state index in [1.54, 1.807) is 11.8 Å². The maximum Gasteiger partial charge on any atom is 0.244 e. The number of aromatic nitrogens is 2. The summed E-state index contributed by atoms with van der Waals surface area (Å²) >= 11 is 1.64. The topological polar surface area (TPSA) is 46.9 Å². The zero-order valence-electron chi connectivity index (χ0n) is 14.9. The number of anilines is 1. The summed E-state index contributed by atoms with van der Waals surface area (Å²) in [6, 6.07) is 25.9. The van der Waals surface area contributed by atoms with Crippen LogP contribution < -0.4 is 5.32 Å². The van der Waals surface area contributed by atoms with E-state index in [9.17, 15) is 4.79 Å². The molecule has 5 heteroatoms. The normalized spacial score (nSPS) is 10.9. The smallest absolute Gasteiger partial charge is 0.244 e. The number of hydrogen-bond donors (Lipinski definition) is 1. The number of aryl methyl sites for hydroxylation is 1. The Bertz CT molecular complexity index is 1090. The zero-order chi connectivity index (χ0) is 18.6. The van der Waals surface area contributed by atoms with E-state index in [4.69, 9.17) is 0 Å². The number of nitrogens with one attached hydrogen (secondary N) is 1. The number of para-hydroxylation sites is 3. The summed E-state index contributed by atoms with van der Waals surface area (Å²) in [5.74, 6) is 0.765. The molecule has 0 saturated heterocycles. The molecule has 0 unspecified atom stereocenters. The van der Waals surface area contributed by atoms with Crippen molar-refractivity contribution in [2.24, 2.45) is 0 Å². The Morgan fingerprint density at radius 3 is 2.52 bits per heavy atom. The molecule has 1 amide bonds. The van der Waals surface area contributed by atoms with Crippen LogP contribution in [0.15, 0.2) is 88.7 Å². The highest BCUT2D eigenvalue weighted by atomic mass is 32.2. The maximum absolute atomic E-state index is 12.7. The number of imidazole rings is 1. The monoisotopic (exact) mass is 373 g/mol. The number of carbonyl (C=O) groups is 1. The van der Waals surface area contributed by atoms with E-state index >= 15 is 0 Å². The van der Waals surface area contributed by atoms with Crippen LogP contribution in [0, 0.1) is 6.92 Å². The Labute approximate surface area is 162 Å². The van der Waals surface area contributed by atoms with Crippen LogP contribution in [-0.2, 0) is 11.3 Å². The minimum absolute atomic E-state index is 0.0673. The number of carbonyl (C=O) groups excluding carboxylic acids is 1. The first-order chi connectivity index (χ1) is 13.2. The molecular formula is C22H19N3OS. The van der Waals surface area contributed by atoms with Crippen molar-refractivity contribution < 1.29 is 4.79 Å². The van der Waals surface area contributed by atoms with Gasteiger partial charge in [0.25, 0.3) is 0 Å². The van der Waals surface area contributed by atoms with Gasteiger partial charge in [-0.25, -0.2) is 4.98 Å². The molecule has 0 bridgehead atoms. The van der Waals surface area contributed by atoms with Gasteiger partial charge < -0.3 is 9.88 Å². The fraction of sp³-hybridized carbons (Fsp3) is 0.0909. The van der Waals surface area contributed by atoms with Gasteiger partial charge in [0.05, 0.1) is 16.7 Å². The summed E-state index contributed by atoms with van der Waals surface area (Å²) in [6.07, 6.45) is 0. The van der Waals surface area contributed by atoms with Crippen LogP contribution in [0.1, 0.15) is 5.82 Å². The molecule has 1 N–H and O–H groups in total. The molecule has 4 aromatic rings. The first kappa shape index (κ1) is 17.4. The number of nitrogens with zero attached hydrogens (tertiary/aromatic N) is 2. The van der Waals surface area contributed by atoms with E-state index in [0.29, 0.717) is 0 Å². The fourth-order valence-electron chi connectivity index (χ4n) is 3.00. The summed E-state index contributed by atoms with van der Waals surface area (Å²) in [5.41, 5.74) is 2.69. The lowest BCUT2D eigenvalue weighted by Crippen LogP contribution is -2.19. The van der Waals surface area contributed by atoms with Crippen LogP contribution in [0.4, 0.5) is 5.69 Å². The molecule has 1 aromatic heterocycles. The first-order valence-corrected chi connectivity index (χ1v) is 9.56. The van der Waals surface area contributed by atoms with E-state index in [2.05, 4.69) is 22.4 Å². The van der Waals surface area contributed by atoms with Gasteiger partial charge in [0.2, 0.25) is 5.91 Å². The van der Waals surface area contributed by atoms with Gasteiger partial charge in [-0.05, 0) is 43.3 Å². The molecule has 27 heavy (non-hydrogen) atoms. The van der Waals surface area contributed by atoms with Crippen molar-refractivity contribution in [2.75, 3.05) is 5.32 Å². The Kier molecular flexibility index (Phi) is 4.94. The minimum atomic E-state index is -0.0673. The third-order valence-corrected chi connectivity index (χ3v) is 5.36. The van der Waals surface area contributed by atoms with Crippen molar-refractivity contribution in [3.8, 4) is 0 Å². The molecule has 0 spiro atoms. The molecule has 0 aliphatic rings. The average Bonchev–Trinajstić information content (AvgIpc) is 2.99. The first-order valence-electron chi connectivity index (χ1n) is 8.74. The summed E-state index contributed by atoms with van der Waals surface area (Å²) in [4.78, 5) is 19.4. The van der Waals surface area contributed by atoms with Gasteiger partial charge >= 0.3 is 0 Å². The van der Waals surface area contributed by atoms with Crippen LogP contribution in [0.5, 0.6) is 0 Å². The lowest BCUT2D eigenvalue weighted by molar-refractivity contribution is -0.116. The van der Waals surface area contributed by atoms with Gasteiger partial charge in [0, 0.05) is 9.79 Å². The van der Waals surface area contributed by atoms with Crippen molar-refractivity contribution in [3.63, 3.8) is 0 Å². The number of fused-ring (bicyclic) bond motifs is 1. The van der Waals surface area contributed by atoms with Crippen LogP contribution in [-0.4, -0.2) is 15.5 Å². The molecule has 0 aliphatic heterocycles. The van der Waals surface area contributed by atoms with Crippen molar-refractivity contribution in [3.05, 3.63) is 84.7 Å². The molecule has 4 rings (SSSR count). The van der Waals surface area contributed by atoms with Crippen molar-refractivity contribution >= 4 is 34.4 Å². The molecule has 4 nitrogen and oxygen atoms in total. The molecule has 0 atom stereocenters. The predicted molar refractivity (Wildman–Crippen MR) is 110 cm³/mol. The number of amides is 1. The fourth-order valence-corrected chi connectivity index (χ4v) is 3.93. The molecule has 134 valence electrons. The van der Waals surface area contributed by atoms with E-state index in [0.717, 1.165) is 32.3 Å². The third-order valence-electron chi connectivity index (χ3n) is 4.28. The van der Waals surface area contributed by atoms with Gasteiger partial charge in [-0.2, -0.15) is 0 Å². The maximum atomic E-state index is 12.7. The second-order valence-electron chi connectivity index (χ2n) is 6.19. The van der Waals surface area contributed by atoms with E-state index in [1.165, 1.54) is 0 Å². The van der Waals surface area contributed by atoms with E-state index in [-0.39, 0.29) is 12.5 Å². The molecule has 0 aliphatic carbocycles. The number of benzene rings is 3. The van der Waals surface area contributed by atoms with Crippen molar-refractivity contribution in [1.82, 2.24) is 9.55 Å². The zero-order valence-corrected chi connectivity index (χ0v) is 15.7. The van der Waals surface area contributed by atoms with Crippen LogP contribution in [0.3, 0.4) is 0 Å². The quantitative estimate of drug-likeness (QED) is 0.527. The largest absolute Gasteiger partial charge is 0.324 e. The molecular weight excluding hydrogens is 354 g/mol. The van der Waals surface area contributed by atoms with E-state index in [1.807, 2.05) is 78.2 Å². The Hall–Kier alpha value is -3.05. The summed E-state index contributed by atoms with van der Waals surface area (Å²) in [5, 5.41) is 3.05. The summed E-state index contributed by atoms with van der Waals surface area (Å²) < 4.78 is 1.94. The molecule has 0 radical (unpaired) electrons. The molecule has 3 aromatic carbocycles. The highest BCUT2D eigenvalue weighted by Gasteiger charge is 2.12. The minimum Gasteiger partial charge on any atom is -0.324 e. The molecule has 0 fully saturated rings. The lowest BCUT2D eigenvalue weighted by Gasteiger charge is -2.12. The number of rotatable bonds is 5. The highest BCUT2D eigenvalue weighted by Crippen LogP contribution is 2.33. The number of hydrogen-bond acceptors (Lipinski definition) is 3. The van der Waals surface area contributed by atoms with Gasteiger partial charge in [0.1, 0.15) is 12.4 Å².